The molecule has 12 nitrogen and oxygen atoms in total. The quantitative estimate of drug-likeness (QED) is 0.299. The first kappa shape index (κ1) is 38.8. The number of nitrogens with one attached hydrogen (secondary N) is 4. The lowest BCUT2D eigenvalue weighted by Crippen LogP contribution is -2.59. The molecule has 12 heteroatoms. The number of hydrogen-bond acceptors (Lipinski definition) is 8. The van der Waals surface area contributed by atoms with E-state index in [9.17, 15) is 28.8 Å². The number of carbonyl (C=O) groups is 6. The van der Waals surface area contributed by atoms with Gasteiger partial charge in [-0.3, -0.25) is 19.2 Å². The van der Waals surface area contributed by atoms with Crippen LogP contribution in [0.25, 0.3) is 0 Å². The summed E-state index contributed by atoms with van der Waals surface area (Å²) < 4.78 is 11.4. The van der Waals surface area contributed by atoms with Gasteiger partial charge in [-0.25, -0.2) is 9.59 Å². The smallest absolute Gasteiger partial charge is 0.329 e. The molecule has 0 aromatic rings. The van der Waals surface area contributed by atoms with E-state index in [1.54, 1.807) is 55.4 Å². The first-order valence-electron chi connectivity index (χ1n) is 15.9. The molecular formula is C32H56N4O8. The Morgan fingerprint density at radius 2 is 0.750 bits per heavy atom. The van der Waals surface area contributed by atoms with Crippen LogP contribution in [0, 0.1) is 35.5 Å². The molecule has 0 radical (unpaired) electrons. The molecule has 0 aliphatic carbocycles. The summed E-state index contributed by atoms with van der Waals surface area (Å²) in [4.78, 5) is 80.9. The molecule has 0 aromatic heterocycles. The van der Waals surface area contributed by atoms with E-state index < -0.39 is 83.8 Å². The number of ether oxygens (including phenoxy) is 2. The van der Waals surface area contributed by atoms with Gasteiger partial charge in [0.15, 0.2) is 12.2 Å². The first-order valence-corrected chi connectivity index (χ1v) is 15.9. The van der Waals surface area contributed by atoms with E-state index in [0.29, 0.717) is 0 Å². The second-order valence-electron chi connectivity index (χ2n) is 14.0. The number of rotatable bonds is 8. The molecule has 6 atom stereocenters. The molecule has 0 unspecified atom stereocenters. The van der Waals surface area contributed by atoms with Crippen LogP contribution < -0.4 is 21.3 Å². The van der Waals surface area contributed by atoms with Gasteiger partial charge in [-0.15, -0.1) is 0 Å². The van der Waals surface area contributed by atoms with Crippen LogP contribution in [-0.4, -0.2) is 71.9 Å². The van der Waals surface area contributed by atoms with Crippen molar-refractivity contribution in [3.8, 4) is 0 Å². The van der Waals surface area contributed by atoms with Crippen LogP contribution >= 0.6 is 0 Å². The highest BCUT2D eigenvalue weighted by Gasteiger charge is 2.39. The Kier molecular flexibility index (Phi) is 15.3. The van der Waals surface area contributed by atoms with Crippen molar-refractivity contribution in [1.82, 2.24) is 21.3 Å². The summed E-state index contributed by atoms with van der Waals surface area (Å²) >= 11 is 0. The van der Waals surface area contributed by atoms with E-state index >= 15 is 0 Å². The second kappa shape index (κ2) is 17.3. The summed E-state index contributed by atoms with van der Waals surface area (Å²) in [6.45, 7) is 21.3. The van der Waals surface area contributed by atoms with Crippen LogP contribution in [0.2, 0.25) is 0 Å². The maximum Gasteiger partial charge on any atom is 0.329 e. The Hall–Kier alpha value is -3.18. The fraction of sp³-hybridized carbons (Fsp3) is 0.812. The molecule has 1 fully saturated rings. The minimum atomic E-state index is -1.26. The van der Waals surface area contributed by atoms with Crippen molar-refractivity contribution in [2.75, 3.05) is 0 Å². The molecule has 44 heavy (non-hydrogen) atoms. The molecule has 1 aliphatic heterocycles. The highest BCUT2D eigenvalue weighted by Crippen LogP contribution is 2.17. The van der Waals surface area contributed by atoms with Gasteiger partial charge in [0.05, 0.1) is 0 Å². The number of cyclic esters (lactones) is 2. The Morgan fingerprint density at radius 3 is 0.977 bits per heavy atom. The molecule has 0 saturated carbocycles. The Labute approximate surface area is 262 Å². The number of carbonyl (C=O) groups excluding carboxylic acids is 6. The predicted octanol–water partition coefficient (Wildman–Crippen LogP) is 2.48. The van der Waals surface area contributed by atoms with Crippen LogP contribution in [0.15, 0.2) is 0 Å². The van der Waals surface area contributed by atoms with Crippen LogP contribution in [0.4, 0.5) is 0 Å². The van der Waals surface area contributed by atoms with Gasteiger partial charge < -0.3 is 30.7 Å². The minimum absolute atomic E-state index is 0.0262. The van der Waals surface area contributed by atoms with Gasteiger partial charge in [-0.2, -0.15) is 0 Å². The number of esters is 2. The third-order valence-corrected chi connectivity index (χ3v) is 7.32. The third-order valence-electron chi connectivity index (χ3n) is 7.32. The van der Waals surface area contributed by atoms with Gasteiger partial charge in [0.2, 0.25) is 11.8 Å². The van der Waals surface area contributed by atoms with Crippen molar-refractivity contribution in [3.63, 3.8) is 0 Å². The van der Waals surface area contributed by atoms with Gasteiger partial charge >= 0.3 is 11.9 Å². The van der Waals surface area contributed by atoms with Crippen LogP contribution in [0.5, 0.6) is 0 Å². The van der Waals surface area contributed by atoms with Gasteiger partial charge in [0, 0.05) is 0 Å². The van der Waals surface area contributed by atoms with Gasteiger partial charge in [0.1, 0.15) is 24.2 Å². The van der Waals surface area contributed by atoms with Crippen LogP contribution in [-0.2, 0) is 38.2 Å². The van der Waals surface area contributed by atoms with E-state index in [4.69, 9.17) is 9.47 Å². The Bertz CT molecular complexity index is 932. The molecule has 1 heterocycles. The average Bonchev–Trinajstić information content (AvgIpc) is 2.88. The Morgan fingerprint density at radius 1 is 0.455 bits per heavy atom. The molecular weight excluding hydrogens is 568 g/mol. The van der Waals surface area contributed by atoms with Crippen LogP contribution in [0.1, 0.15) is 95.9 Å². The second-order valence-corrected chi connectivity index (χ2v) is 14.0. The fourth-order valence-corrected chi connectivity index (χ4v) is 4.83. The van der Waals surface area contributed by atoms with Gasteiger partial charge in [-0.1, -0.05) is 83.1 Å². The molecule has 4 amide bonds. The van der Waals surface area contributed by atoms with Crippen molar-refractivity contribution in [2.24, 2.45) is 35.5 Å². The Balaban J connectivity index is 3.71. The van der Waals surface area contributed by atoms with E-state index in [1.165, 1.54) is 0 Å². The van der Waals surface area contributed by atoms with Crippen molar-refractivity contribution in [1.29, 1.82) is 0 Å². The highest BCUT2D eigenvalue weighted by molar-refractivity contribution is 5.95. The predicted molar refractivity (Wildman–Crippen MR) is 166 cm³/mol. The largest absolute Gasteiger partial charge is 0.450 e. The van der Waals surface area contributed by atoms with E-state index in [0.717, 1.165) is 0 Å². The molecule has 0 bridgehead atoms. The summed E-state index contributed by atoms with van der Waals surface area (Å²) in [6, 6.07) is -4.33. The standard InChI is InChI=1S/C32H56N4O8/c1-15(2)13-21-31(41)43-25(19(9)10)29(39)36-24(18(7)8)28(38)34-22(14-16(3)4)32(42)44-26(20(11)12)30(40)35-23(17(5)6)27(37)33-21/h15-26H,13-14H2,1-12H3,(H,33,37)(H,34,38)(H,35,40)(H,36,39)/t21-,22+,23-,24+,25-,26-/m0/s1. The molecule has 4 N–H and O–H groups in total. The van der Waals surface area contributed by atoms with Crippen molar-refractivity contribution in [2.45, 2.75) is 132 Å². The van der Waals surface area contributed by atoms with Crippen molar-refractivity contribution < 1.29 is 38.2 Å². The summed E-state index contributed by atoms with van der Waals surface area (Å²) in [5, 5.41) is 10.8. The summed E-state index contributed by atoms with van der Waals surface area (Å²) in [7, 11) is 0. The first-order chi connectivity index (χ1) is 20.3. The zero-order chi connectivity index (χ0) is 34.0. The lowest BCUT2D eigenvalue weighted by atomic mass is 9.98. The zero-order valence-corrected chi connectivity index (χ0v) is 28.6. The number of hydrogen-bond donors (Lipinski definition) is 4. The van der Waals surface area contributed by atoms with E-state index in [2.05, 4.69) is 21.3 Å². The molecule has 1 aliphatic rings. The highest BCUT2D eigenvalue weighted by atomic mass is 16.6. The fourth-order valence-electron chi connectivity index (χ4n) is 4.83. The molecule has 1 rings (SSSR count). The summed E-state index contributed by atoms with van der Waals surface area (Å²) in [5.41, 5.74) is 0. The van der Waals surface area contributed by atoms with Gasteiger partial charge in [-0.05, 0) is 48.3 Å². The third kappa shape index (κ3) is 11.7. The minimum Gasteiger partial charge on any atom is -0.450 e. The van der Waals surface area contributed by atoms with Crippen molar-refractivity contribution in [3.05, 3.63) is 0 Å². The van der Waals surface area contributed by atoms with E-state index in [1.807, 2.05) is 27.7 Å². The normalized spacial score (nSPS) is 27.1. The van der Waals surface area contributed by atoms with Gasteiger partial charge in [0.25, 0.3) is 11.8 Å². The SMILES string of the molecule is CC(C)C[C@@H]1NC(=O)[C@H](C(C)C)NC(=O)[C@H](C(C)C)OC(=O)[C@@H](CC(C)C)NC(=O)[C@@H](C(C)C)NC(=O)[C@H](C(C)C)OC1=O. The summed E-state index contributed by atoms with van der Waals surface area (Å²) in [6.07, 6.45) is -2.08. The molecule has 0 spiro atoms. The number of amides is 4. The molecule has 0 aromatic carbocycles. The maximum atomic E-state index is 13.5. The lowest BCUT2D eigenvalue weighted by molar-refractivity contribution is -0.164. The van der Waals surface area contributed by atoms with Crippen molar-refractivity contribution >= 4 is 35.6 Å². The molecule has 1 saturated heterocycles. The van der Waals surface area contributed by atoms with Crippen LogP contribution in [0.3, 0.4) is 0 Å². The van der Waals surface area contributed by atoms with E-state index in [-0.39, 0.29) is 36.5 Å². The zero-order valence-electron chi connectivity index (χ0n) is 28.6. The topological polar surface area (TPSA) is 169 Å². The maximum absolute atomic E-state index is 13.5. The summed E-state index contributed by atoms with van der Waals surface area (Å²) in [5.74, 6) is -5.92. The molecule has 252 valence electrons. The average molecular weight is 625 g/mol. The lowest BCUT2D eigenvalue weighted by Gasteiger charge is -2.31. The monoisotopic (exact) mass is 624 g/mol.